The van der Waals surface area contributed by atoms with Crippen molar-refractivity contribution < 1.29 is 0 Å². The molecule has 1 aliphatic rings. The summed E-state index contributed by atoms with van der Waals surface area (Å²) in [6.45, 7) is 6.08. The molecule has 0 atom stereocenters. The van der Waals surface area contributed by atoms with Crippen LogP contribution < -0.4 is 0 Å². The van der Waals surface area contributed by atoms with Crippen molar-refractivity contribution in [3.8, 4) is 0 Å². The van der Waals surface area contributed by atoms with Gasteiger partial charge in [-0.2, -0.15) is 0 Å². The van der Waals surface area contributed by atoms with E-state index in [0.717, 1.165) is 18.7 Å². The fraction of sp³-hybridized carbons (Fsp3) is 0.278. The van der Waals surface area contributed by atoms with Gasteiger partial charge in [-0.25, -0.2) is 0 Å². The molecule has 2 aromatic rings. The molecule has 2 heteroatoms. The molecule has 0 unspecified atom stereocenters. The van der Waals surface area contributed by atoms with E-state index < -0.39 is 0 Å². The summed E-state index contributed by atoms with van der Waals surface area (Å²) in [4.78, 5) is 2.13. The summed E-state index contributed by atoms with van der Waals surface area (Å²) in [5, 5.41) is 8.27. The number of nitrogens with one attached hydrogen (secondary N) is 1. The van der Waals surface area contributed by atoms with Crippen molar-refractivity contribution in [3.05, 3.63) is 70.8 Å². The van der Waals surface area contributed by atoms with Gasteiger partial charge < -0.3 is 4.90 Å². The molecule has 0 radical (unpaired) electrons. The maximum atomic E-state index is 8.27. The zero-order chi connectivity index (χ0) is 14.1. The van der Waals surface area contributed by atoms with Crippen molar-refractivity contribution in [2.45, 2.75) is 32.9 Å². The highest BCUT2D eigenvalue weighted by molar-refractivity contribution is 6.00. The van der Waals surface area contributed by atoms with Crippen LogP contribution in [-0.2, 0) is 13.1 Å². The van der Waals surface area contributed by atoms with E-state index in [1.54, 1.807) is 0 Å². The zero-order valence-corrected chi connectivity index (χ0v) is 12.1. The molecule has 0 spiro atoms. The van der Waals surface area contributed by atoms with Gasteiger partial charge in [0.1, 0.15) is 5.84 Å². The summed E-state index contributed by atoms with van der Waals surface area (Å²) >= 11 is 0. The van der Waals surface area contributed by atoms with E-state index in [-0.39, 0.29) is 0 Å². The van der Waals surface area contributed by atoms with Crippen molar-refractivity contribution in [3.63, 3.8) is 0 Å². The number of hydrogen-bond acceptors (Lipinski definition) is 1. The minimum Gasteiger partial charge on any atom is -0.348 e. The molecule has 20 heavy (non-hydrogen) atoms. The number of hydrogen-bond donors (Lipinski definition) is 1. The monoisotopic (exact) mass is 264 g/mol. The molecular formula is C18H20N2. The number of fused-ring (bicyclic) bond motifs is 1. The lowest BCUT2D eigenvalue weighted by atomic mass is 10.0. The van der Waals surface area contributed by atoms with Crippen LogP contribution in [0.1, 0.15) is 42.0 Å². The second-order valence-electron chi connectivity index (χ2n) is 5.76. The molecule has 1 aliphatic heterocycles. The summed E-state index contributed by atoms with van der Waals surface area (Å²) in [5.74, 6) is 1.21. The van der Waals surface area contributed by atoms with Gasteiger partial charge in [-0.05, 0) is 22.6 Å². The Morgan fingerprint density at radius 2 is 1.75 bits per heavy atom. The highest BCUT2D eigenvalue weighted by Gasteiger charge is 2.23. The topological polar surface area (TPSA) is 27.1 Å². The first kappa shape index (κ1) is 12.9. The van der Waals surface area contributed by atoms with Gasteiger partial charge in [0, 0.05) is 18.7 Å². The molecule has 3 rings (SSSR count). The van der Waals surface area contributed by atoms with Crippen LogP contribution in [0.25, 0.3) is 0 Å². The Balaban J connectivity index is 1.75. The fourth-order valence-corrected chi connectivity index (χ4v) is 2.71. The summed E-state index contributed by atoms with van der Waals surface area (Å²) < 4.78 is 0. The Kier molecular flexibility index (Phi) is 3.31. The second kappa shape index (κ2) is 5.12. The van der Waals surface area contributed by atoms with Gasteiger partial charge in [-0.15, -0.1) is 0 Å². The van der Waals surface area contributed by atoms with Gasteiger partial charge in [-0.3, -0.25) is 5.41 Å². The van der Waals surface area contributed by atoms with Crippen LogP contribution in [0.3, 0.4) is 0 Å². The van der Waals surface area contributed by atoms with E-state index in [1.165, 1.54) is 16.7 Å². The Labute approximate surface area is 120 Å². The standard InChI is InChI=1S/C18H20N2/c1-13(2)15-9-7-14(8-10-15)11-20-12-16-5-3-4-6-17(16)18(20)19/h3-10,13,19H,11-12H2,1-2H3. The number of nitrogens with zero attached hydrogens (tertiary/aromatic N) is 1. The van der Waals surface area contributed by atoms with Gasteiger partial charge in [0.2, 0.25) is 0 Å². The van der Waals surface area contributed by atoms with Crippen LogP contribution in [0.4, 0.5) is 0 Å². The van der Waals surface area contributed by atoms with Crippen molar-refractivity contribution in [2.75, 3.05) is 0 Å². The number of rotatable bonds is 3. The summed E-state index contributed by atoms with van der Waals surface area (Å²) in [7, 11) is 0. The zero-order valence-electron chi connectivity index (χ0n) is 12.1. The molecule has 0 aromatic heterocycles. The normalized spacial score (nSPS) is 13.9. The molecule has 0 aliphatic carbocycles. The second-order valence-corrected chi connectivity index (χ2v) is 5.76. The molecule has 2 aromatic carbocycles. The Bertz CT molecular complexity index is 626. The van der Waals surface area contributed by atoms with E-state index >= 15 is 0 Å². The fourth-order valence-electron chi connectivity index (χ4n) is 2.71. The minimum absolute atomic E-state index is 0.568. The van der Waals surface area contributed by atoms with Crippen LogP contribution in [0.15, 0.2) is 48.5 Å². The average molecular weight is 264 g/mol. The molecule has 102 valence electrons. The van der Waals surface area contributed by atoms with Crippen LogP contribution in [0, 0.1) is 5.41 Å². The summed E-state index contributed by atoms with van der Waals surface area (Å²) in [6, 6.07) is 17.0. The quantitative estimate of drug-likeness (QED) is 0.885. The first-order valence-electron chi connectivity index (χ1n) is 7.16. The first-order chi connectivity index (χ1) is 9.65. The third kappa shape index (κ3) is 2.34. The predicted molar refractivity (Wildman–Crippen MR) is 83.0 cm³/mol. The van der Waals surface area contributed by atoms with Crippen LogP contribution in [-0.4, -0.2) is 10.7 Å². The molecular weight excluding hydrogens is 244 g/mol. The van der Waals surface area contributed by atoms with Gasteiger partial charge >= 0.3 is 0 Å². The van der Waals surface area contributed by atoms with Gasteiger partial charge in [-0.1, -0.05) is 62.4 Å². The Hall–Kier alpha value is -2.09. The average Bonchev–Trinajstić information content (AvgIpc) is 2.77. The van der Waals surface area contributed by atoms with Crippen LogP contribution in [0.5, 0.6) is 0 Å². The third-order valence-electron chi connectivity index (χ3n) is 3.97. The highest BCUT2D eigenvalue weighted by atomic mass is 15.2. The molecule has 0 bridgehead atoms. The lowest BCUT2D eigenvalue weighted by Gasteiger charge is -2.18. The lowest BCUT2D eigenvalue weighted by Crippen LogP contribution is -2.23. The van der Waals surface area contributed by atoms with E-state index in [4.69, 9.17) is 5.41 Å². The van der Waals surface area contributed by atoms with E-state index in [1.807, 2.05) is 18.2 Å². The maximum absolute atomic E-state index is 8.27. The first-order valence-corrected chi connectivity index (χ1v) is 7.16. The molecule has 0 fully saturated rings. The molecule has 0 amide bonds. The van der Waals surface area contributed by atoms with E-state index in [2.05, 4.69) is 49.1 Å². The Morgan fingerprint density at radius 3 is 2.40 bits per heavy atom. The van der Waals surface area contributed by atoms with Gasteiger partial charge in [0.25, 0.3) is 0 Å². The van der Waals surface area contributed by atoms with E-state index in [9.17, 15) is 0 Å². The van der Waals surface area contributed by atoms with Crippen molar-refractivity contribution in [1.29, 1.82) is 5.41 Å². The van der Waals surface area contributed by atoms with Gasteiger partial charge in [0.15, 0.2) is 0 Å². The predicted octanol–water partition coefficient (Wildman–Crippen LogP) is 4.15. The summed E-state index contributed by atoms with van der Waals surface area (Å²) in [6.07, 6.45) is 0. The summed E-state index contributed by atoms with van der Waals surface area (Å²) in [5.41, 5.74) is 4.98. The minimum atomic E-state index is 0.568. The lowest BCUT2D eigenvalue weighted by molar-refractivity contribution is 0.422. The van der Waals surface area contributed by atoms with Gasteiger partial charge in [0.05, 0.1) is 0 Å². The molecule has 1 heterocycles. The van der Waals surface area contributed by atoms with Crippen molar-refractivity contribution in [1.82, 2.24) is 4.90 Å². The maximum Gasteiger partial charge on any atom is 0.129 e. The number of benzene rings is 2. The number of amidine groups is 1. The highest BCUT2D eigenvalue weighted by Crippen LogP contribution is 2.24. The molecule has 2 nitrogen and oxygen atoms in total. The molecule has 0 saturated heterocycles. The van der Waals surface area contributed by atoms with Crippen molar-refractivity contribution in [2.24, 2.45) is 0 Å². The van der Waals surface area contributed by atoms with Crippen LogP contribution >= 0.6 is 0 Å². The molecule has 0 saturated carbocycles. The largest absolute Gasteiger partial charge is 0.348 e. The smallest absolute Gasteiger partial charge is 0.129 e. The third-order valence-corrected chi connectivity index (χ3v) is 3.97. The SMILES string of the molecule is CC(C)c1ccc(CN2Cc3ccccc3C2=N)cc1. The Morgan fingerprint density at radius 1 is 1.05 bits per heavy atom. The van der Waals surface area contributed by atoms with E-state index in [0.29, 0.717) is 11.8 Å². The molecule has 1 N–H and O–H groups in total. The van der Waals surface area contributed by atoms with Crippen LogP contribution in [0.2, 0.25) is 0 Å². The van der Waals surface area contributed by atoms with Crippen molar-refractivity contribution >= 4 is 5.84 Å².